The average molecular weight is 292 g/mol. The zero-order chi connectivity index (χ0) is 13.6. The molecule has 1 unspecified atom stereocenters. The Labute approximate surface area is 113 Å². The summed E-state index contributed by atoms with van der Waals surface area (Å²) in [6.07, 6.45) is 1.90. The van der Waals surface area contributed by atoms with Gasteiger partial charge in [0.05, 0.1) is 22.6 Å². The lowest BCUT2D eigenvalue weighted by Gasteiger charge is -2.12. The zero-order valence-electron chi connectivity index (χ0n) is 10.5. The molecule has 18 heavy (non-hydrogen) atoms. The molecular formula is C12H18ClNO3S. The van der Waals surface area contributed by atoms with Gasteiger partial charge < -0.3 is 10.1 Å². The maximum Gasteiger partial charge on any atom is 0.177 e. The van der Waals surface area contributed by atoms with E-state index in [1.54, 1.807) is 31.4 Å². The summed E-state index contributed by atoms with van der Waals surface area (Å²) < 4.78 is 28.1. The zero-order valence-corrected chi connectivity index (χ0v) is 12.1. The first-order valence-electron chi connectivity index (χ1n) is 5.61. The van der Waals surface area contributed by atoms with E-state index in [1.807, 2.05) is 0 Å². The largest absolute Gasteiger partial charge is 0.384 e. The predicted octanol–water partition coefficient (Wildman–Crippen LogP) is 2.15. The van der Waals surface area contributed by atoms with Gasteiger partial charge in [0, 0.05) is 19.9 Å². The van der Waals surface area contributed by atoms with Crippen LogP contribution in [0.2, 0.25) is 0 Å². The van der Waals surface area contributed by atoms with Crippen LogP contribution in [0.25, 0.3) is 0 Å². The van der Waals surface area contributed by atoms with Crippen LogP contribution in [-0.4, -0.2) is 40.3 Å². The monoisotopic (exact) mass is 291 g/mol. The highest BCUT2D eigenvalue weighted by molar-refractivity contribution is 7.90. The first-order valence-corrected chi connectivity index (χ1v) is 7.94. The fraction of sp³-hybridized carbons (Fsp3) is 0.500. The topological polar surface area (TPSA) is 55.4 Å². The molecule has 0 aliphatic carbocycles. The molecule has 0 fully saturated rings. The first kappa shape index (κ1) is 15.3. The molecule has 0 radical (unpaired) electrons. The van der Waals surface area contributed by atoms with E-state index >= 15 is 0 Å². The molecule has 0 aliphatic rings. The van der Waals surface area contributed by atoms with Gasteiger partial charge in [-0.25, -0.2) is 8.42 Å². The van der Waals surface area contributed by atoms with Crippen molar-refractivity contribution >= 4 is 27.1 Å². The van der Waals surface area contributed by atoms with Gasteiger partial charge in [-0.15, -0.1) is 11.6 Å². The van der Waals surface area contributed by atoms with Gasteiger partial charge in [-0.3, -0.25) is 0 Å². The second kappa shape index (κ2) is 6.97. The number of alkyl halides is 1. The number of para-hydroxylation sites is 1. The van der Waals surface area contributed by atoms with E-state index < -0.39 is 9.84 Å². The number of nitrogens with one attached hydrogen (secondary N) is 1. The van der Waals surface area contributed by atoms with Crippen LogP contribution in [-0.2, 0) is 14.6 Å². The molecule has 1 N–H and O–H groups in total. The van der Waals surface area contributed by atoms with E-state index in [0.29, 0.717) is 30.2 Å². The summed E-state index contributed by atoms with van der Waals surface area (Å²) in [6.45, 7) is 1.08. The molecule has 0 spiro atoms. The number of ether oxygens (including phenoxy) is 1. The molecule has 0 heterocycles. The highest BCUT2D eigenvalue weighted by Gasteiger charge is 2.12. The molecular weight excluding hydrogens is 274 g/mol. The predicted molar refractivity (Wildman–Crippen MR) is 74.2 cm³/mol. The minimum Gasteiger partial charge on any atom is -0.384 e. The molecule has 1 atom stereocenters. The maximum absolute atomic E-state index is 11.6. The first-order chi connectivity index (χ1) is 8.45. The normalized spacial score (nSPS) is 13.3. The minimum atomic E-state index is -3.21. The smallest absolute Gasteiger partial charge is 0.177 e. The summed E-state index contributed by atoms with van der Waals surface area (Å²) in [5.41, 5.74) is 0.612. The van der Waals surface area contributed by atoms with Crippen molar-refractivity contribution in [2.45, 2.75) is 16.7 Å². The summed E-state index contributed by atoms with van der Waals surface area (Å²) in [5, 5.41) is 3.01. The lowest BCUT2D eigenvalue weighted by atomic mass is 10.3. The van der Waals surface area contributed by atoms with Crippen molar-refractivity contribution in [2.75, 3.05) is 31.8 Å². The molecule has 0 saturated carbocycles. The second-order valence-electron chi connectivity index (χ2n) is 4.04. The van der Waals surface area contributed by atoms with Crippen LogP contribution in [0, 0.1) is 0 Å². The third-order valence-electron chi connectivity index (χ3n) is 2.41. The Morgan fingerprint density at radius 3 is 2.67 bits per heavy atom. The van der Waals surface area contributed by atoms with Crippen LogP contribution in [0.4, 0.5) is 5.69 Å². The van der Waals surface area contributed by atoms with Gasteiger partial charge in [0.25, 0.3) is 0 Å². The number of rotatable bonds is 7. The fourth-order valence-corrected chi connectivity index (χ4v) is 2.66. The summed E-state index contributed by atoms with van der Waals surface area (Å²) in [6, 6.07) is 6.84. The van der Waals surface area contributed by atoms with E-state index in [1.165, 1.54) is 6.26 Å². The van der Waals surface area contributed by atoms with Gasteiger partial charge >= 0.3 is 0 Å². The van der Waals surface area contributed by atoms with Crippen molar-refractivity contribution in [1.82, 2.24) is 0 Å². The average Bonchev–Trinajstić information content (AvgIpc) is 2.28. The third-order valence-corrected chi connectivity index (χ3v) is 3.91. The van der Waals surface area contributed by atoms with E-state index in [4.69, 9.17) is 16.3 Å². The quantitative estimate of drug-likeness (QED) is 0.782. The van der Waals surface area contributed by atoms with Gasteiger partial charge in [0.2, 0.25) is 0 Å². The molecule has 0 aliphatic heterocycles. The lowest BCUT2D eigenvalue weighted by Crippen LogP contribution is -2.14. The number of sulfone groups is 1. The van der Waals surface area contributed by atoms with Crippen LogP contribution in [0.5, 0.6) is 0 Å². The minimum absolute atomic E-state index is 0.0760. The summed E-state index contributed by atoms with van der Waals surface area (Å²) in [5.74, 6) is 0. The van der Waals surface area contributed by atoms with Gasteiger partial charge in [-0.1, -0.05) is 12.1 Å². The Hall–Kier alpha value is -0.780. The van der Waals surface area contributed by atoms with Gasteiger partial charge in [0.1, 0.15) is 0 Å². The van der Waals surface area contributed by atoms with Crippen LogP contribution in [0.15, 0.2) is 29.2 Å². The number of benzene rings is 1. The molecule has 0 saturated heterocycles. The molecule has 0 amide bonds. The van der Waals surface area contributed by atoms with Crippen LogP contribution < -0.4 is 5.32 Å². The van der Waals surface area contributed by atoms with Gasteiger partial charge in [-0.2, -0.15) is 0 Å². The van der Waals surface area contributed by atoms with E-state index in [-0.39, 0.29) is 5.38 Å². The highest BCUT2D eigenvalue weighted by Crippen LogP contribution is 2.20. The molecule has 6 heteroatoms. The maximum atomic E-state index is 11.6. The number of halogens is 1. The van der Waals surface area contributed by atoms with E-state index in [9.17, 15) is 8.42 Å². The van der Waals surface area contributed by atoms with Crippen molar-refractivity contribution in [1.29, 1.82) is 0 Å². The van der Waals surface area contributed by atoms with Gasteiger partial charge in [-0.05, 0) is 18.6 Å². The number of hydrogen-bond donors (Lipinski definition) is 1. The van der Waals surface area contributed by atoms with Crippen molar-refractivity contribution in [2.24, 2.45) is 0 Å². The molecule has 0 aromatic heterocycles. The number of methoxy groups -OCH3 is 1. The van der Waals surface area contributed by atoms with Crippen molar-refractivity contribution in [3.8, 4) is 0 Å². The summed E-state index contributed by atoms with van der Waals surface area (Å²) in [7, 11) is -1.62. The molecule has 4 nitrogen and oxygen atoms in total. The van der Waals surface area contributed by atoms with Crippen LogP contribution in [0.3, 0.4) is 0 Å². The van der Waals surface area contributed by atoms with Gasteiger partial charge in [0.15, 0.2) is 9.84 Å². The Bertz CT molecular complexity index is 476. The molecule has 1 aromatic rings. The Balaban J connectivity index is 2.63. The molecule has 1 rings (SSSR count). The number of hydrogen-bond acceptors (Lipinski definition) is 4. The SMILES string of the molecule is COCC(Cl)CCNc1ccccc1S(C)(=O)=O. The van der Waals surface area contributed by atoms with Crippen molar-refractivity contribution in [3.05, 3.63) is 24.3 Å². The lowest BCUT2D eigenvalue weighted by molar-refractivity contribution is 0.196. The molecule has 102 valence electrons. The molecule has 0 bridgehead atoms. The van der Waals surface area contributed by atoms with Crippen molar-refractivity contribution < 1.29 is 13.2 Å². The number of anilines is 1. The second-order valence-corrected chi connectivity index (χ2v) is 6.64. The van der Waals surface area contributed by atoms with Crippen LogP contribution >= 0.6 is 11.6 Å². The Kier molecular flexibility index (Phi) is 5.91. The Morgan fingerprint density at radius 2 is 2.06 bits per heavy atom. The van der Waals surface area contributed by atoms with E-state index in [0.717, 1.165) is 0 Å². The summed E-state index contributed by atoms with van der Waals surface area (Å²) >= 11 is 5.99. The standard InChI is InChI=1S/C12H18ClNO3S/c1-17-9-10(13)7-8-14-11-5-3-4-6-12(11)18(2,15)16/h3-6,10,14H,7-9H2,1-2H3. The van der Waals surface area contributed by atoms with Crippen LogP contribution in [0.1, 0.15) is 6.42 Å². The Morgan fingerprint density at radius 1 is 1.39 bits per heavy atom. The molecule has 1 aromatic carbocycles. The van der Waals surface area contributed by atoms with E-state index in [2.05, 4.69) is 5.32 Å². The third kappa shape index (κ3) is 4.84. The highest BCUT2D eigenvalue weighted by atomic mass is 35.5. The summed E-state index contributed by atoms with van der Waals surface area (Å²) in [4.78, 5) is 0.308. The van der Waals surface area contributed by atoms with Crippen molar-refractivity contribution in [3.63, 3.8) is 0 Å². The fourth-order valence-electron chi connectivity index (χ4n) is 1.56.